The van der Waals surface area contributed by atoms with Gasteiger partial charge in [0.1, 0.15) is 11.6 Å². The highest BCUT2D eigenvalue weighted by molar-refractivity contribution is 7.91. The lowest BCUT2D eigenvalue weighted by atomic mass is 10.0. The Labute approximate surface area is 196 Å². The van der Waals surface area contributed by atoms with E-state index in [0.717, 1.165) is 23.7 Å². The summed E-state index contributed by atoms with van der Waals surface area (Å²) in [6, 6.07) is 11.4. The highest BCUT2D eigenvalue weighted by Crippen LogP contribution is 2.25. The molecule has 2 N–H and O–H groups in total. The van der Waals surface area contributed by atoms with Crippen LogP contribution in [0.15, 0.2) is 59.8 Å². The summed E-state index contributed by atoms with van der Waals surface area (Å²) in [7, 11) is -3.59. The van der Waals surface area contributed by atoms with Crippen molar-refractivity contribution < 1.29 is 17.6 Å². The van der Waals surface area contributed by atoms with E-state index in [1.165, 1.54) is 12.1 Å². The number of hydrogen-bond acceptors (Lipinski definition) is 7. The van der Waals surface area contributed by atoms with E-state index >= 15 is 0 Å². The van der Waals surface area contributed by atoms with Gasteiger partial charge in [-0.25, -0.2) is 17.8 Å². The van der Waals surface area contributed by atoms with Gasteiger partial charge in [0.2, 0.25) is 0 Å². The van der Waals surface area contributed by atoms with E-state index < -0.39 is 15.7 Å². The fourth-order valence-corrected chi connectivity index (χ4v) is 4.74. The number of aromatic nitrogens is 3. The van der Waals surface area contributed by atoms with Gasteiger partial charge in [-0.05, 0) is 60.9 Å². The second kappa shape index (κ2) is 9.26. The van der Waals surface area contributed by atoms with Gasteiger partial charge in [0.05, 0.1) is 16.6 Å². The molecule has 4 aromatic rings. The summed E-state index contributed by atoms with van der Waals surface area (Å²) in [6.45, 7) is 1.86. The normalized spacial score (nSPS) is 11.6. The van der Waals surface area contributed by atoms with Crippen LogP contribution in [0.4, 0.5) is 10.2 Å². The number of fused-ring (bicyclic) bond motifs is 1. The molecule has 1 aromatic carbocycles. The Kier molecular flexibility index (Phi) is 6.39. The Morgan fingerprint density at radius 3 is 2.62 bits per heavy atom. The second-order valence-corrected chi connectivity index (χ2v) is 10.2. The van der Waals surface area contributed by atoms with E-state index in [2.05, 4.69) is 15.0 Å². The Bertz CT molecular complexity index is 1520. The molecule has 34 heavy (non-hydrogen) atoms. The lowest BCUT2D eigenvalue weighted by molar-refractivity contribution is 0.0982. The molecule has 0 saturated heterocycles. The lowest BCUT2D eigenvalue weighted by Gasteiger charge is -2.10. The van der Waals surface area contributed by atoms with Crippen molar-refractivity contribution in [2.75, 3.05) is 12.0 Å². The van der Waals surface area contributed by atoms with Crippen molar-refractivity contribution in [2.45, 2.75) is 31.1 Å². The third kappa shape index (κ3) is 5.26. The van der Waals surface area contributed by atoms with Gasteiger partial charge >= 0.3 is 0 Å². The minimum Gasteiger partial charge on any atom is -0.384 e. The molecule has 0 aliphatic rings. The SMILES string of the molecule is Cc1nc(N)ccc1CCC(=O)c1ccnc(Cc2cc(S(C)(=O)=O)c3ncc(F)cc3c2)c1. The predicted molar refractivity (Wildman–Crippen MR) is 128 cm³/mol. The molecule has 0 atom stereocenters. The van der Waals surface area contributed by atoms with E-state index in [9.17, 15) is 17.6 Å². The summed E-state index contributed by atoms with van der Waals surface area (Å²) in [5.41, 5.74) is 9.40. The monoisotopic (exact) mass is 478 g/mol. The van der Waals surface area contributed by atoms with Gasteiger partial charge < -0.3 is 5.73 Å². The average Bonchev–Trinajstić information content (AvgIpc) is 2.77. The number of halogens is 1. The number of carbonyl (C=O) groups excluding carboxylic acids is 1. The maximum absolute atomic E-state index is 13.7. The van der Waals surface area contributed by atoms with Crippen molar-refractivity contribution in [1.29, 1.82) is 0 Å². The first-order valence-electron chi connectivity index (χ1n) is 10.6. The van der Waals surface area contributed by atoms with E-state index in [1.54, 1.807) is 30.5 Å². The van der Waals surface area contributed by atoms with Crippen LogP contribution >= 0.6 is 0 Å². The zero-order valence-corrected chi connectivity index (χ0v) is 19.6. The van der Waals surface area contributed by atoms with Crippen LogP contribution in [0.2, 0.25) is 0 Å². The first-order chi connectivity index (χ1) is 16.1. The van der Waals surface area contributed by atoms with E-state index in [1.807, 2.05) is 13.0 Å². The van der Waals surface area contributed by atoms with Crippen LogP contribution < -0.4 is 5.73 Å². The lowest BCUT2D eigenvalue weighted by Crippen LogP contribution is -2.06. The molecule has 7 nitrogen and oxygen atoms in total. The number of ketones is 1. The van der Waals surface area contributed by atoms with Crippen LogP contribution in [0, 0.1) is 12.7 Å². The third-order valence-corrected chi connectivity index (χ3v) is 6.65. The fraction of sp³-hybridized carbons (Fsp3) is 0.200. The minimum absolute atomic E-state index is 0.0275. The van der Waals surface area contributed by atoms with Gasteiger partial charge in [-0.15, -0.1) is 0 Å². The van der Waals surface area contributed by atoms with E-state index in [0.29, 0.717) is 40.9 Å². The molecule has 9 heteroatoms. The molecule has 0 saturated carbocycles. The van der Waals surface area contributed by atoms with Gasteiger partial charge in [0.25, 0.3) is 0 Å². The number of hydrogen-bond donors (Lipinski definition) is 1. The van der Waals surface area contributed by atoms with Crippen LogP contribution in [-0.4, -0.2) is 35.4 Å². The molecule has 0 spiro atoms. The smallest absolute Gasteiger partial charge is 0.177 e. The molecule has 0 radical (unpaired) electrons. The number of anilines is 1. The summed E-state index contributed by atoms with van der Waals surface area (Å²) < 4.78 is 38.3. The molecule has 0 aliphatic heterocycles. The standard InChI is InChI=1S/C25H23FN4O3S/c1-15-17(4-6-24(27)30-15)3-5-22(31)18-7-8-28-21(13-18)10-16-9-19-12-20(26)14-29-25(19)23(11-16)34(2,32)33/h4,6-9,11-14H,3,5,10H2,1-2H3,(H2,27,30). The number of nitrogen functional groups attached to an aromatic ring is 1. The number of rotatable bonds is 7. The Balaban J connectivity index is 1.58. The maximum atomic E-state index is 13.7. The first-order valence-corrected chi connectivity index (χ1v) is 12.5. The fourth-order valence-electron chi connectivity index (χ4n) is 3.86. The van der Waals surface area contributed by atoms with Crippen molar-refractivity contribution in [2.24, 2.45) is 0 Å². The Morgan fingerprint density at radius 1 is 1.09 bits per heavy atom. The van der Waals surface area contributed by atoms with Gasteiger partial charge in [-0.2, -0.15) is 0 Å². The highest BCUT2D eigenvalue weighted by atomic mass is 32.2. The first kappa shape index (κ1) is 23.4. The van der Waals surface area contributed by atoms with Gasteiger partial charge in [-0.3, -0.25) is 14.8 Å². The molecular formula is C25H23FN4O3S. The number of pyridine rings is 3. The molecule has 0 aliphatic carbocycles. The second-order valence-electron chi connectivity index (χ2n) is 8.21. The van der Waals surface area contributed by atoms with Crippen molar-refractivity contribution in [3.63, 3.8) is 0 Å². The predicted octanol–water partition coefficient (Wildman–Crippen LogP) is 3.86. The topological polar surface area (TPSA) is 116 Å². The molecule has 0 bridgehead atoms. The van der Waals surface area contributed by atoms with Crippen molar-refractivity contribution in [1.82, 2.24) is 15.0 Å². The number of sulfone groups is 1. The number of carbonyl (C=O) groups is 1. The molecule has 0 amide bonds. The van der Waals surface area contributed by atoms with Crippen LogP contribution in [0.3, 0.4) is 0 Å². The largest absolute Gasteiger partial charge is 0.384 e. The molecule has 3 aromatic heterocycles. The van der Waals surface area contributed by atoms with Crippen LogP contribution in [0.25, 0.3) is 10.9 Å². The van der Waals surface area contributed by atoms with Gasteiger partial charge in [-0.1, -0.05) is 6.07 Å². The van der Waals surface area contributed by atoms with Crippen LogP contribution in [0.5, 0.6) is 0 Å². The third-order valence-electron chi connectivity index (χ3n) is 5.54. The van der Waals surface area contributed by atoms with Crippen molar-refractivity contribution >= 4 is 32.3 Å². The van der Waals surface area contributed by atoms with Crippen molar-refractivity contribution in [3.05, 3.63) is 88.8 Å². The number of nitrogens with zero attached hydrogens (tertiary/aromatic N) is 3. The summed E-state index contributed by atoms with van der Waals surface area (Å²) in [4.78, 5) is 25.3. The van der Waals surface area contributed by atoms with Crippen LogP contribution in [-0.2, 0) is 22.7 Å². The molecule has 4 rings (SSSR count). The molecule has 3 heterocycles. The number of nitrogens with two attached hydrogens (primary N) is 1. The molecular weight excluding hydrogens is 455 g/mol. The quantitative estimate of drug-likeness (QED) is 0.401. The zero-order chi connectivity index (χ0) is 24.5. The Morgan fingerprint density at radius 2 is 1.88 bits per heavy atom. The molecule has 0 unspecified atom stereocenters. The molecule has 0 fully saturated rings. The van der Waals surface area contributed by atoms with E-state index in [4.69, 9.17) is 5.73 Å². The van der Waals surface area contributed by atoms with Crippen LogP contribution in [0.1, 0.15) is 39.3 Å². The zero-order valence-electron chi connectivity index (χ0n) is 18.7. The highest BCUT2D eigenvalue weighted by Gasteiger charge is 2.16. The maximum Gasteiger partial charge on any atom is 0.177 e. The molecule has 174 valence electrons. The van der Waals surface area contributed by atoms with Gasteiger partial charge in [0.15, 0.2) is 15.6 Å². The number of Topliss-reactive ketones (excluding diaryl/α,β-unsaturated/α-hetero) is 1. The Hall–Kier alpha value is -3.72. The number of aryl methyl sites for hydroxylation is 2. The average molecular weight is 479 g/mol. The summed E-state index contributed by atoms with van der Waals surface area (Å²) in [6.07, 6.45) is 4.75. The van der Waals surface area contributed by atoms with Gasteiger partial charge in [0, 0.05) is 47.6 Å². The van der Waals surface area contributed by atoms with E-state index in [-0.39, 0.29) is 22.6 Å². The number of benzene rings is 1. The summed E-state index contributed by atoms with van der Waals surface area (Å²) >= 11 is 0. The minimum atomic E-state index is -3.59. The summed E-state index contributed by atoms with van der Waals surface area (Å²) in [5, 5.41) is 0.387. The summed E-state index contributed by atoms with van der Waals surface area (Å²) in [5.74, 6) is -0.152. The van der Waals surface area contributed by atoms with Crippen molar-refractivity contribution in [3.8, 4) is 0 Å².